The van der Waals surface area contributed by atoms with E-state index in [1.807, 2.05) is 0 Å². The molecular weight excluding hydrogens is 301 g/mol. The number of aromatic nitrogens is 1. The van der Waals surface area contributed by atoms with Crippen molar-refractivity contribution in [3.63, 3.8) is 0 Å². The molecule has 0 saturated carbocycles. The predicted octanol–water partition coefficient (Wildman–Crippen LogP) is 3.64. The average molecular weight is 312 g/mol. The quantitative estimate of drug-likeness (QED) is 0.876. The molecule has 2 rings (SSSR count). The highest BCUT2D eigenvalue weighted by atomic mass is 35.5. The topological polar surface area (TPSA) is 59.4 Å². The summed E-state index contributed by atoms with van der Waals surface area (Å²) in [6, 6.07) is 8.22. The highest BCUT2D eigenvalue weighted by molar-refractivity contribution is 6.64. The Balaban J connectivity index is 2.25. The van der Waals surface area contributed by atoms with Gasteiger partial charge in [-0.25, -0.2) is 0 Å². The van der Waals surface area contributed by atoms with Crippen molar-refractivity contribution in [2.24, 2.45) is 0 Å². The highest BCUT2D eigenvalue weighted by Gasteiger charge is 2.14. The molecule has 0 fully saturated rings. The number of aromatic hydroxyl groups is 1. The van der Waals surface area contributed by atoms with Crippen LogP contribution in [-0.2, 0) is 4.79 Å². The monoisotopic (exact) mass is 311 g/mol. The van der Waals surface area contributed by atoms with Crippen molar-refractivity contribution in [1.82, 2.24) is 4.98 Å². The molecule has 104 valence electrons. The first-order valence-electron chi connectivity index (χ1n) is 5.78. The van der Waals surface area contributed by atoms with Crippen LogP contribution >= 0.6 is 23.2 Å². The third kappa shape index (κ3) is 3.40. The van der Waals surface area contributed by atoms with Gasteiger partial charge in [-0.05, 0) is 48.9 Å². The number of nitrogens with zero attached hydrogens (tertiary/aromatic N) is 1. The number of phenolic OH excluding ortho intramolecular Hbond substituents is 1. The number of hydrogen-bond acceptors (Lipinski definition) is 4. The minimum Gasteiger partial charge on any atom is -0.504 e. The van der Waals surface area contributed by atoms with E-state index in [4.69, 9.17) is 27.9 Å². The lowest BCUT2D eigenvalue weighted by atomic mass is 10.1. The van der Waals surface area contributed by atoms with Crippen LogP contribution in [0.15, 0.2) is 36.5 Å². The highest BCUT2D eigenvalue weighted by Crippen LogP contribution is 2.32. The van der Waals surface area contributed by atoms with Crippen LogP contribution in [0.3, 0.4) is 0 Å². The smallest absolute Gasteiger partial charge is 0.262 e. The molecule has 0 aliphatic carbocycles. The van der Waals surface area contributed by atoms with E-state index in [1.54, 1.807) is 24.3 Å². The Morgan fingerprint density at radius 3 is 2.65 bits per heavy atom. The molecule has 0 saturated heterocycles. The van der Waals surface area contributed by atoms with Crippen LogP contribution in [0, 0.1) is 0 Å². The Hall–Kier alpha value is -1.78. The number of benzene rings is 1. The van der Waals surface area contributed by atoms with E-state index in [0.29, 0.717) is 16.3 Å². The number of pyridine rings is 1. The average Bonchev–Trinajstić information content (AvgIpc) is 2.41. The summed E-state index contributed by atoms with van der Waals surface area (Å²) in [5, 5.41) is 9.81. The summed E-state index contributed by atoms with van der Waals surface area (Å²) in [6.45, 7) is 1.50. The maximum Gasteiger partial charge on any atom is 0.262 e. The molecule has 0 aliphatic heterocycles. The number of carbonyl (C=O) groups is 1. The first kappa shape index (κ1) is 14.6. The van der Waals surface area contributed by atoms with Crippen molar-refractivity contribution >= 4 is 28.4 Å². The summed E-state index contributed by atoms with van der Waals surface area (Å²) in [4.78, 5) is 15.1. The second kappa shape index (κ2) is 6.11. The first-order valence-corrected chi connectivity index (χ1v) is 6.54. The van der Waals surface area contributed by atoms with Gasteiger partial charge in [-0.2, -0.15) is 0 Å². The lowest BCUT2D eigenvalue weighted by molar-refractivity contribution is -0.117. The van der Waals surface area contributed by atoms with Crippen LogP contribution in [0.5, 0.6) is 11.5 Å². The van der Waals surface area contributed by atoms with Crippen LogP contribution < -0.4 is 4.74 Å². The molecule has 1 unspecified atom stereocenters. The van der Waals surface area contributed by atoms with Crippen molar-refractivity contribution in [3.05, 3.63) is 41.6 Å². The summed E-state index contributed by atoms with van der Waals surface area (Å²) in [6.07, 6.45) is 0.689. The molecule has 1 aromatic carbocycles. The molecule has 0 amide bonds. The van der Waals surface area contributed by atoms with Crippen LogP contribution in [-0.4, -0.2) is 21.4 Å². The van der Waals surface area contributed by atoms with Gasteiger partial charge < -0.3 is 9.84 Å². The first-order chi connectivity index (χ1) is 9.47. The molecule has 2 aromatic rings. The fourth-order valence-electron chi connectivity index (χ4n) is 1.56. The van der Waals surface area contributed by atoms with E-state index in [1.165, 1.54) is 19.2 Å². The Morgan fingerprint density at radius 1 is 1.35 bits per heavy atom. The SMILES string of the molecule is CC(Oc1ccc(-c2ccc(Cl)cn2)cc1O)C(=O)Cl. The zero-order chi connectivity index (χ0) is 14.7. The fourth-order valence-corrected chi connectivity index (χ4v) is 1.72. The second-order valence-electron chi connectivity index (χ2n) is 4.11. The third-order valence-corrected chi connectivity index (χ3v) is 3.14. The van der Waals surface area contributed by atoms with Crippen molar-refractivity contribution < 1.29 is 14.6 Å². The zero-order valence-electron chi connectivity index (χ0n) is 10.5. The number of ether oxygens (including phenoxy) is 1. The molecule has 4 nitrogen and oxygen atoms in total. The van der Waals surface area contributed by atoms with Gasteiger partial charge in [-0.3, -0.25) is 9.78 Å². The molecule has 6 heteroatoms. The number of hydrogen-bond donors (Lipinski definition) is 1. The number of halogens is 2. The summed E-state index contributed by atoms with van der Waals surface area (Å²) < 4.78 is 5.24. The Labute approximate surface area is 125 Å². The van der Waals surface area contributed by atoms with Gasteiger partial charge in [-0.1, -0.05) is 11.6 Å². The van der Waals surface area contributed by atoms with Gasteiger partial charge in [0.1, 0.15) is 0 Å². The van der Waals surface area contributed by atoms with E-state index < -0.39 is 11.3 Å². The van der Waals surface area contributed by atoms with Crippen LogP contribution in [0.1, 0.15) is 6.92 Å². The Kier molecular flexibility index (Phi) is 4.47. The van der Waals surface area contributed by atoms with E-state index in [2.05, 4.69) is 4.98 Å². The summed E-state index contributed by atoms with van der Waals surface area (Å²) in [5.41, 5.74) is 1.37. The maximum atomic E-state index is 10.9. The van der Waals surface area contributed by atoms with E-state index in [0.717, 1.165) is 0 Å². The largest absolute Gasteiger partial charge is 0.504 e. The molecule has 1 aromatic heterocycles. The molecule has 0 aliphatic rings. The fraction of sp³-hybridized carbons (Fsp3) is 0.143. The number of carbonyl (C=O) groups excluding carboxylic acids is 1. The van der Waals surface area contributed by atoms with Crippen LogP contribution in [0.25, 0.3) is 11.3 Å². The third-order valence-electron chi connectivity index (χ3n) is 2.61. The number of phenols is 1. The lowest BCUT2D eigenvalue weighted by Crippen LogP contribution is -2.18. The molecule has 0 spiro atoms. The van der Waals surface area contributed by atoms with Crippen molar-refractivity contribution in [1.29, 1.82) is 0 Å². The molecule has 0 radical (unpaired) electrons. The van der Waals surface area contributed by atoms with Crippen molar-refractivity contribution in [2.45, 2.75) is 13.0 Å². The van der Waals surface area contributed by atoms with E-state index in [9.17, 15) is 9.90 Å². The Morgan fingerprint density at radius 2 is 2.10 bits per heavy atom. The van der Waals surface area contributed by atoms with Gasteiger partial charge >= 0.3 is 0 Å². The predicted molar refractivity (Wildman–Crippen MR) is 77.3 cm³/mol. The zero-order valence-corrected chi connectivity index (χ0v) is 12.0. The molecule has 0 bridgehead atoms. The minimum absolute atomic E-state index is 0.0935. The van der Waals surface area contributed by atoms with Crippen molar-refractivity contribution in [3.8, 4) is 22.8 Å². The standard InChI is InChI=1S/C14H11Cl2NO3/c1-8(14(16)19)20-13-5-2-9(6-12(13)18)11-4-3-10(15)7-17-11/h2-8,18H,1H3. The van der Waals surface area contributed by atoms with Gasteiger partial charge in [-0.15, -0.1) is 0 Å². The van der Waals surface area contributed by atoms with Crippen molar-refractivity contribution in [2.75, 3.05) is 0 Å². The summed E-state index contributed by atoms with van der Waals surface area (Å²) in [5.74, 6) is 0.0910. The number of rotatable bonds is 4. The van der Waals surface area contributed by atoms with Gasteiger partial charge in [0.25, 0.3) is 5.24 Å². The molecule has 20 heavy (non-hydrogen) atoms. The van der Waals surface area contributed by atoms with E-state index in [-0.39, 0.29) is 11.5 Å². The van der Waals surface area contributed by atoms with Gasteiger partial charge in [0.05, 0.1) is 10.7 Å². The van der Waals surface area contributed by atoms with E-state index >= 15 is 0 Å². The summed E-state index contributed by atoms with van der Waals surface area (Å²) in [7, 11) is 0. The second-order valence-corrected chi connectivity index (χ2v) is 4.92. The minimum atomic E-state index is -0.831. The maximum absolute atomic E-state index is 10.9. The molecule has 1 atom stereocenters. The molecule has 1 N–H and O–H groups in total. The van der Waals surface area contributed by atoms with Gasteiger partial charge in [0, 0.05) is 11.8 Å². The lowest BCUT2D eigenvalue weighted by Gasteiger charge is -2.12. The molecular formula is C14H11Cl2NO3. The van der Waals surface area contributed by atoms with Gasteiger partial charge in [0.15, 0.2) is 17.6 Å². The Bertz CT molecular complexity index is 629. The molecule has 1 heterocycles. The van der Waals surface area contributed by atoms with Crippen LogP contribution in [0.2, 0.25) is 5.02 Å². The van der Waals surface area contributed by atoms with Gasteiger partial charge in [0.2, 0.25) is 0 Å². The van der Waals surface area contributed by atoms with Crippen LogP contribution in [0.4, 0.5) is 0 Å². The summed E-state index contributed by atoms with van der Waals surface area (Å²) >= 11 is 11.1. The normalized spacial score (nSPS) is 11.9.